The number of hydrogen-bond donors (Lipinski definition) is 3. The third-order valence-corrected chi connectivity index (χ3v) is 5.25. The summed E-state index contributed by atoms with van der Waals surface area (Å²) in [5, 5.41) is 10.4. The molecule has 4 aromatic rings. The van der Waals surface area contributed by atoms with Crippen LogP contribution in [0.1, 0.15) is 0 Å². The van der Waals surface area contributed by atoms with Gasteiger partial charge >= 0.3 is 0 Å². The van der Waals surface area contributed by atoms with Gasteiger partial charge in [-0.15, -0.1) is 0 Å². The number of hydrogen-bond acceptors (Lipinski definition) is 9. The summed E-state index contributed by atoms with van der Waals surface area (Å²) in [7, 11) is 4.05. The lowest BCUT2D eigenvalue weighted by Crippen LogP contribution is -2.22. The molecule has 0 fully saturated rings. The lowest BCUT2D eigenvalue weighted by atomic mass is 10.2. The first-order chi connectivity index (χ1) is 15.2. The highest BCUT2D eigenvalue weighted by molar-refractivity contribution is 7.18. The van der Waals surface area contributed by atoms with E-state index in [1.165, 1.54) is 0 Å². The van der Waals surface area contributed by atoms with Crippen LogP contribution < -0.4 is 16.0 Å². The van der Waals surface area contributed by atoms with Gasteiger partial charge < -0.3 is 15.5 Å². The van der Waals surface area contributed by atoms with Crippen LogP contribution in [0.15, 0.2) is 66.9 Å². The molecule has 3 N–H and O–H groups in total. The van der Waals surface area contributed by atoms with E-state index in [9.17, 15) is 0 Å². The molecule has 0 amide bonds. The van der Waals surface area contributed by atoms with Crippen LogP contribution in [0.3, 0.4) is 0 Å². The van der Waals surface area contributed by atoms with E-state index in [0.717, 1.165) is 34.3 Å². The zero-order valence-corrected chi connectivity index (χ0v) is 18.2. The predicted molar refractivity (Wildman–Crippen MR) is 127 cm³/mol. The minimum Gasteiger partial charge on any atom is -0.353 e. The number of rotatable bonds is 9. The van der Waals surface area contributed by atoms with E-state index in [2.05, 4.69) is 52.9 Å². The first-order valence-corrected chi connectivity index (χ1v) is 10.7. The first-order valence-electron chi connectivity index (χ1n) is 9.91. The maximum atomic E-state index is 4.52. The van der Waals surface area contributed by atoms with E-state index in [4.69, 9.17) is 0 Å². The van der Waals surface area contributed by atoms with Crippen molar-refractivity contribution in [2.45, 2.75) is 0 Å². The summed E-state index contributed by atoms with van der Waals surface area (Å²) in [5.74, 6) is 1.38. The maximum Gasteiger partial charge on any atom is 0.235 e. The van der Waals surface area contributed by atoms with Crippen molar-refractivity contribution in [1.29, 1.82) is 0 Å². The molecule has 2 heterocycles. The molecule has 0 saturated heterocycles. The molecule has 0 radical (unpaired) electrons. The van der Waals surface area contributed by atoms with Crippen LogP contribution in [-0.2, 0) is 0 Å². The van der Waals surface area contributed by atoms with Gasteiger partial charge in [0.25, 0.3) is 0 Å². The molecule has 0 unspecified atom stereocenters. The maximum absolute atomic E-state index is 4.52. The van der Waals surface area contributed by atoms with Crippen LogP contribution in [0, 0.1) is 0 Å². The predicted octanol–water partition coefficient (Wildman–Crippen LogP) is 4.46. The fraction of sp³-hybridized carbons (Fsp3) is 0.182. The van der Waals surface area contributed by atoms with Crippen LogP contribution in [0.5, 0.6) is 0 Å². The van der Waals surface area contributed by atoms with E-state index >= 15 is 0 Å². The molecule has 0 saturated carbocycles. The zero-order chi connectivity index (χ0) is 21.5. The number of anilines is 5. The zero-order valence-electron chi connectivity index (χ0n) is 17.4. The van der Waals surface area contributed by atoms with E-state index < -0.39 is 0 Å². The lowest BCUT2D eigenvalue weighted by Gasteiger charge is -2.12. The van der Waals surface area contributed by atoms with Crippen molar-refractivity contribution in [1.82, 2.24) is 24.8 Å². The number of likely N-dealkylation sites (N-methyl/N-ethyl adjacent to an activating group) is 1. The van der Waals surface area contributed by atoms with Gasteiger partial charge in [-0.1, -0.05) is 59.9 Å². The Bertz CT molecular complexity index is 1100. The highest BCUT2D eigenvalue weighted by Crippen LogP contribution is 2.30. The van der Waals surface area contributed by atoms with Crippen molar-refractivity contribution in [3.8, 4) is 10.4 Å². The van der Waals surface area contributed by atoms with Crippen molar-refractivity contribution in [2.75, 3.05) is 43.1 Å². The topological polar surface area (TPSA) is 90.9 Å². The van der Waals surface area contributed by atoms with Crippen molar-refractivity contribution < 1.29 is 0 Å². The van der Waals surface area contributed by atoms with Gasteiger partial charge in [-0.05, 0) is 31.8 Å². The van der Waals surface area contributed by atoms with Gasteiger partial charge in [0.05, 0.1) is 4.88 Å². The van der Waals surface area contributed by atoms with Crippen LogP contribution in [-0.4, -0.2) is 52.0 Å². The molecule has 8 nitrogen and oxygen atoms in total. The summed E-state index contributed by atoms with van der Waals surface area (Å²) >= 11 is 1.55. The van der Waals surface area contributed by atoms with Gasteiger partial charge in [0.1, 0.15) is 0 Å². The minimum atomic E-state index is 0.426. The largest absolute Gasteiger partial charge is 0.353 e. The van der Waals surface area contributed by atoms with Gasteiger partial charge in [-0.2, -0.15) is 15.0 Å². The summed E-state index contributed by atoms with van der Waals surface area (Å²) in [6, 6.07) is 20.0. The second-order valence-corrected chi connectivity index (χ2v) is 8.08. The van der Waals surface area contributed by atoms with E-state index in [-0.39, 0.29) is 0 Å². The Labute approximate surface area is 185 Å². The lowest BCUT2D eigenvalue weighted by molar-refractivity contribution is 0.425. The van der Waals surface area contributed by atoms with Crippen LogP contribution >= 0.6 is 11.3 Å². The Balaban J connectivity index is 1.55. The SMILES string of the molecule is CN(C)CCNc1nc(Nc2ccccc2)nc(Nc2ncc(-c3ccccc3)s2)n1. The fourth-order valence-electron chi connectivity index (χ4n) is 2.77. The average Bonchev–Trinajstić information content (AvgIpc) is 3.23. The number of benzene rings is 2. The Kier molecular flexibility index (Phi) is 6.65. The Morgan fingerprint density at radius 2 is 1.45 bits per heavy atom. The highest BCUT2D eigenvalue weighted by atomic mass is 32.1. The molecule has 0 aliphatic rings. The molecule has 9 heteroatoms. The molecule has 0 bridgehead atoms. The van der Waals surface area contributed by atoms with Gasteiger partial charge in [0, 0.05) is 25.0 Å². The minimum absolute atomic E-state index is 0.426. The summed E-state index contributed by atoms with van der Waals surface area (Å²) in [4.78, 5) is 21.2. The number of aromatic nitrogens is 4. The number of nitrogens with one attached hydrogen (secondary N) is 3. The third kappa shape index (κ3) is 5.97. The Morgan fingerprint density at radius 3 is 2.16 bits per heavy atom. The van der Waals surface area contributed by atoms with Crippen molar-refractivity contribution in [3.05, 3.63) is 66.9 Å². The summed E-state index contributed by atoms with van der Waals surface area (Å²) in [5.41, 5.74) is 2.03. The quantitative estimate of drug-likeness (QED) is 0.357. The van der Waals surface area contributed by atoms with E-state index in [1.807, 2.05) is 68.8 Å². The molecule has 0 aliphatic heterocycles. The summed E-state index contributed by atoms with van der Waals surface area (Å²) < 4.78 is 0. The molecular formula is C22H24N8S. The van der Waals surface area contributed by atoms with Crippen LogP contribution in [0.2, 0.25) is 0 Å². The number of nitrogens with zero attached hydrogens (tertiary/aromatic N) is 5. The second kappa shape index (κ2) is 9.96. The fourth-order valence-corrected chi connectivity index (χ4v) is 3.59. The summed E-state index contributed by atoms with van der Waals surface area (Å²) in [6.07, 6.45) is 1.85. The van der Waals surface area contributed by atoms with Gasteiger partial charge in [-0.25, -0.2) is 4.98 Å². The second-order valence-electron chi connectivity index (χ2n) is 7.05. The molecule has 2 aromatic carbocycles. The van der Waals surface area contributed by atoms with Gasteiger partial charge in [-0.3, -0.25) is 5.32 Å². The third-order valence-electron chi connectivity index (χ3n) is 4.29. The molecule has 4 rings (SSSR count). The average molecular weight is 433 g/mol. The van der Waals surface area contributed by atoms with Gasteiger partial charge in [0.15, 0.2) is 5.13 Å². The monoisotopic (exact) mass is 432 g/mol. The molecule has 0 spiro atoms. The molecule has 0 atom stereocenters. The molecular weight excluding hydrogens is 408 g/mol. The normalized spacial score (nSPS) is 10.8. The molecule has 0 aliphatic carbocycles. The number of thiazole rings is 1. The Hall–Kier alpha value is -3.56. The molecule has 31 heavy (non-hydrogen) atoms. The van der Waals surface area contributed by atoms with E-state index in [1.54, 1.807) is 11.3 Å². The molecule has 158 valence electrons. The van der Waals surface area contributed by atoms with Crippen molar-refractivity contribution >= 4 is 40.0 Å². The van der Waals surface area contributed by atoms with Crippen LogP contribution in [0.4, 0.5) is 28.7 Å². The summed E-state index contributed by atoms with van der Waals surface area (Å²) in [6.45, 7) is 1.58. The van der Waals surface area contributed by atoms with Crippen molar-refractivity contribution in [3.63, 3.8) is 0 Å². The van der Waals surface area contributed by atoms with Crippen LogP contribution in [0.25, 0.3) is 10.4 Å². The first kappa shape index (κ1) is 20.7. The molecule has 2 aromatic heterocycles. The van der Waals surface area contributed by atoms with Gasteiger partial charge in [0.2, 0.25) is 17.8 Å². The standard InChI is InChI=1S/C22H24N8S/c1-30(2)14-13-23-19-26-20(25-17-11-7-4-8-12-17)28-21(27-19)29-22-24-15-18(31-22)16-9-5-3-6-10-16/h3-12,15H,13-14H2,1-2H3,(H3,23,24,25,26,27,28,29). The Morgan fingerprint density at radius 1 is 0.806 bits per heavy atom. The number of para-hydroxylation sites is 1. The van der Waals surface area contributed by atoms with E-state index in [0.29, 0.717) is 17.8 Å². The highest BCUT2D eigenvalue weighted by Gasteiger charge is 2.10. The smallest absolute Gasteiger partial charge is 0.235 e. The van der Waals surface area contributed by atoms with Crippen molar-refractivity contribution in [2.24, 2.45) is 0 Å².